The average molecular weight is 260 g/mol. The Labute approximate surface area is 106 Å². The van der Waals surface area contributed by atoms with Gasteiger partial charge in [-0.25, -0.2) is 4.98 Å². The van der Waals surface area contributed by atoms with Crippen LogP contribution >= 0.6 is 23.1 Å². The predicted molar refractivity (Wildman–Crippen MR) is 71.2 cm³/mol. The zero-order chi connectivity index (χ0) is 11.9. The summed E-state index contributed by atoms with van der Waals surface area (Å²) in [6, 6.07) is 0. The Morgan fingerprint density at radius 1 is 1.62 bits per heavy atom. The number of thiazole rings is 1. The summed E-state index contributed by atoms with van der Waals surface area (Å²) < 4.78 is 1.13. The SMILES string of the molecule is CCC(CO)(CCCSc1nccs1)NC. The van der Waals surface area contributed by atoms with Crippen LogP contribution < -0.4 is 5.32 Å². The summed E-state index contributed by atoms with van der Waals surface area (Å²) in [7, 11) is 1.92. The number of hydrogen-bond donors (Lipinski definition) is 2. The van der Waals surface area contributed by atoms with Gasteiger partial charge in [0.2, 0.25) is 0 Å². The van der Waals surface area contributed by atoms with Crippen molar-refractivity contribution >= 4 is 23.1 Å². The van der Waals surface area contributed by atoms with Crippen LogP contribution in [0.3, 0.4) is 0 Å². The number of nitrogens with zero attached hydrogens (tertiary/aromatic N) is 1. The number of hydrogen-bond acceptors (Lipinski definition) is 5. The van der Waals surface area contributed by atoms with Crippen LogP contribution in [0.2, 0.25) is 0 Å². The Morgan fingerprint density at radius 3 is 2.94 bits per heavy atom. The molecular weight excluding hydrogens is 240 g/mol. The molecule has 0 aliphatic rings. The van der Waals surface area contributed by atoms with Gasteiger partial charge in [-0.3, -0.25) is 0 Å². The topological polar surface area (TPSA) is 45.2 Å². The van der Waals surface area contributed by atoms with Crippen LogP contribution in [0.1, 0.15) is 26.2 Å². The van der Waals surface area contributed by atoms with E-state index in [1.54, 1.807) is 23.1 Å². The minimum atomic E-state index is -0.0938. The summed E-state index contributed by atoms with van der Waals surface area (Å²) in [5.74, 6) is 1.07. The number of aromatic nitrogens is 1. The summed E-state index contributed by atoms with van der Waals surface area (Å²) in [5, 5.41) is 14.6. The van der Waals surface area contributed by atoms with Crippen molar-refractivity contribution in [1.29, 1.82) is 0 Å². The first-order valence-corrected chi connectivity index (χ1v) is 7.45. The summed E-state index contributed by atoms with van der Waals surface area (Å²) in [6.07, 6.45) is 4.90. The summed E-state index contributed by atoms with van der Waals surface area (Å²) >= 11 is 3.48. The van der Waals surface area contributed by atoms with Gasteiger partial charge in [0.25, 0.3) is 0 Å². The second kappa shape index (κ2) is 7.27. The van der Waals surface area contributed by atoms with Gasteiger partial charge in [0.05, 0.1) is 6.61 Å². The van der Waals surface area contributed by atoms with Crippen molar-refractivity contribution in [2.45, 2.75) is 36.1 Å². The first-order valence-electron chi connectivity index (χ1n) is 5.58. The molecule has 92 valence electrons. The van der Waals surface area contributed by atoms with Crippen LogP contribution in [0.4, 0.5) is 0 Å². The summed E-state index contributed by atoms with van der Waals surface area (Å²) in [6.45, 7) is 2.32. The van der Waals surface area contributed by atoms with Crippen LogP contribution in [-0.2, 0) is 0 Å². The molecule has 0 saturated heterocycles. The molecule has 1 rings (SSSR count). The Balaban J connectivity index is 2.23. The highest BCUT2D eigenvalue weighted by Gasteiger charge is 2.24. The molecule has 1 unspecified atom stereocenters. The molecule has 0 fully saturated rings. The van der Waals surface area contributed by atoms with E-state index in [1.165, 1.54) is 0 Å². The van der Waals surface area contributed by atoms with Gasteiger partial charge in [0.15, 0.2) is 0 Å². The number of aliphatic hydroxyl groups excluding tert-OH is 1. The molecule has 1 heterocycles. The average Bonchev–Trinajstić information content (AvgIpc) is 2.83. The summed E-state index contributed by atoms with van der Waals surface area (Å²) in [4.78, 5) is 4.23. The summed E-state index contributed by atoms with van der Waals surface area (Å²) in [5.41, 5.74) is -0.0938. The first-order chi connectivity index (χ1) is 7.76. The van der Waals surface area contributed by atoms with Crippen molar-refractivity contribution < 1.29 is 5.11 Å². The molecule has 16 heavy (non-hydrogen) atoms. The molecule has 1 aromatic rings. The highest BCUT2D eigenvalue weighted by molar-refractivity contribution is 8.00. The zero-order valence-electron chi connectivity index (χ0n) is 9.90. The number of thioether (sulfide) groups is 1. The largest absolute Gasteiger partial charge is 0.394 e. The van der Waals surface area contributed by atoms with Gasteiger partial charge in [-0.1, -0.05) is 18.7 Å². The minimum Gasteiger partial charge on any atom is -0.394 e. The van der Waals surface area contributed by atoms with Gasteiger partial charge >= 0.3 is 0 Å². The fourth-order valence-electron chi connectivity index (χ4n) is 1.60. The highest BCUT2D eigenvalue weighted by atomic mass is 32.2. The lowest BCUT2D eigenvalue weighted by molar-refractivity contribution is 0.154. The molecule has 0 aromatic carbocycles. The van der Waals surface area contributed by atoms with Gasteiger partial charge in [0.1, 0.15) is 4.34 Å². The fourth-order valence-corrected chi connectivity index (χ4v) is 3.25. The van der Waals surface area contributed by atoms with E-state index in [0.717, 1.165) is 29.4 Å². The van der Waals surface area contributed by atoms with Crippen molar-refractivity contribution in [3.05, 3.63) is 11.6 Å². The Morgan fingerprint density at radius 2 is 2.44 bits per heavy atom. The molecule has 3 nitrogen and oxygen atoms in total. The van der Waals surface area contributed by atoms with E-state index >= 15 is 0 Å². The second-order valence-corrected chi connectivity index (χ2v) is 6.03. The first kappa shape index (κ1) is 14.0. The van der Waals surface area contributed by atoms with Crippen LogP contribution in [0, 0.1) is 0 Å². The lowest BCUT2D eigenvalue weighted by atomic mass is 9.92. The maximum Gasteiger partial charge on any atom is 0.149 e. The predicted octanol–water partition coefficient (Wildman–Crippen LogP) is 2.38. The van der Waals surface area contributed by atoms with E-state index in [0.29, 0.717) is 0 Å². The molecule has 0 aliphatic heterocycles. The van der Waals surface area contributed by atoms with E-state index in [2.05, 4.69) is 17.2 Å². The quantitative estimate of drug-likeness (QED) is 0.556. The molecule has 1 atom stereocenters. The maximum absolute atomic E-state index is 9.38. The minimum absolute atomic E-state index is 0.0938. The number of rotatable bonds is 8. The number of nitrogens with one attached hydrogen (secondary N) is 1. The van der Waals surface area contributed by atoms with E-state index in [-0.39, 0.29) is 12.1 Å². The normalized spacial score (nSPS) is 14.9. The molecule has 5 heteroatoms. The molecular formula is C11H20N2OS2. The third-order valence-corrected chi connectivity index (χ3v) is 5.00. The lowest BCUT2D eigenvalue weighted by Gasteiger charge is -2.30. The smallest absolute Gasteiger partial charge is 0.149 e. The van der Waals surface area contributed by atoms with Gasteiger partial charge in [-0.05, 0) is 26.3 Å². The second-order valence-electron chi connectivity index (χ2n) is 3.79. The van der Waals surface area contributed by atoms with Crippen LogP contribution in [-0.4, -0.2) is 35.0 Å². The molecule has 0 bridgehead atoms. The van der Waals surface area contributed by atoms with Crippen molar-refractivity contribution in [3.8, 4) is 0 Å². The van der Waals surface area contributed by atoms with Crippen molar-refractivity contribution in [3.63, 3.8) is 0 Å². The Kier molecular flexibility index (Phi) is 6.34. The number of aliphatic hydroxyl groups is 1. The Bertz CT molecular complexity index is 265. The zero-order valence-corrected chi connectivity index (χ0v) is 11.5. The third kappa shape index (κ3) is 4.05. The monoisotopic (exact) mass is 260 g/mol. The van der Waals surface area contributed by atoms with E-state index < -0.39 is 0 Å². The van der Waals surface area contributed by atoms with E-state index in [9.17, 15) is 5.11 Å². The van der Waals surface area contributed by atoms with Crippen LogP contribution in [0.5, 0.6) is 0 Å². The van der Waals surface area contributed by atoms with Gasteiger partial charge in [-0.15, -0.1) is 11.3 Å². The number of likely N-dealkylation sites (N-methyl/N-ethyl adjacent to an activating group) is 1. The molecule has 1 aromatic heterocycles. The molecule has 2 N–H and O–H groups in total. The van der Waals surface area contributed by atoms with E-state index in [4.69, 9.17) is 0 Å². The van der Waals surface area contributed by atoms with Crippen LogP contribution in [0.25, 0.3) is 0 Å². The van der Waals surface area contributed by atoms with Gasteiger partial charge in [0, 0.05) is 22.9 Å². The fraction of sp³-hybridized carbons (Fsp3) is 0.727. The molecule has 0 radical (unpaired) electrons. The highest BCUT2D eigenvalue weighted by Crippen LogP contribution is 2.24. The maximum atomic E-state index is 9.38. The molecule has 0 spiro atoms. The molecule has 0 amide bonds. The van der Waals surface area contributed by atoms with Crippen molar-refractivity contribution in [2.75, 3.05) is 19.4 Å². The van der Waals surface area contributed by atoms with Crippen molar-refractivity contribution in [1.82, 2.24) is 10.3 Å². The van der Waals surface area contributed by atoms with Crippen molar-refractivity contribution in [2.24, 2.45) is 0 Å². The Hall–Kier alpha value is -0.100. The van der Waals surface area contributed by atoms with Gasteiger partial charge < -0.3 is 10.4 Å². The third-order valence-electron chi connectivity index (χ3n) is 2.94. The van der Waals surface area contributed by atoms with Crippen LogP contribution in [0.15, 0.2) is 15.9 Å². The lowest BCUT2D eigenvalue weighted by Crippen LogP contribution is -2.45. The molecule has 0 saturated carbocycles. The standard InChI is InChI=1S/C11H20N2OS2/c1-3-11(9-14,12-2)5-4-7-15-10-13-6-8-16-10/h6,8,12,14H,3-5,7,9H2,1-2H3. The molecule has 0 aliphatic carbocycles. The van der Waals surface area contributed by atoms with E-state index in [1.807, 2.05) is 18.6 Å². The van der Waals surface area contributed by atoms with Gasteiger partial charge in [-0.2, -0.15) is 0 Å².